The Labute approximate surface area is 169 Å². The lowest BCUT2D eigenvalue weighted by Gasteiger charge is -2.39. The number of hydrogen-bond acceptors (Lipinski definition) is 4. The molecule has 1 unspecified atom stereocenters. The highest BCUT2D eigenvalue weighted by molar-refractivity contribution is 5.82. The Morgan fingerprint density at radius 2 is 1.69 bits per heavy atom. The van der Waals surface area contributed by atoms with Gasteiger partial charge in [-0.2, -0.15) is 5.10 Å². The molecular formula is C24H23N3O2. The molecule has 0 bridgehead atoms. The summed E-state index contributed by atoms with van der Waals surface area (Å²) in [7, 11) is 3.37. The molecule has 0 spiro atoms. The topological polar surface area (TPSA) is 50.4 Å². The molecular weight excluding hydrogens is 362 g/mol. The minimum atomic E-state index is 0.242. The highest BCUT2D eigenvalue weighted by atomic mass is 16.5. The fourth-order valence-electron chi connectivity index (χ4n) is 4.27. The zero-order chi connectivity index (χ0) is 19.8. The van der Waals surface area contributed by atoms with Gasteiger partial charge in [-0.1, -0.05) is 30.3 Å². The van der Waals surface area contributed by atoms with Crippen LogP contribution in [0.5, 0.6) is 11.5 Å². The Morgan fingerprint density at radius 1 is 0.931 bits per heavy atom. The quantitative estimate of drug-likeness (QED) is 0.544. The number of nitrogens with zero attached hydrogens (tertiary/aromatic N) is 2. The maximum Gasteiger partial charge on any atom is 0.161 e. The van der Waals surface area contributed by atoms with Gasteiger partial charge >= 0.3 is 0 Å². The first kappa shape index (κ1) is 17.6. The Bertz CT molecular complexity index is 1150. The van der Waals surface area contributed by atoms with Gasteiger partial charge in [0.25, 0.3) is 0 Å². The van der Waals surface area contributed by atoms with Crippen LogP contribution >= 0.6 is 0 Å². The molecule has 0 aliphatic carbocycles. The van der Waals surface area contributed by atoms with Crippen molar-refractivity contribution in [3.63, 3.8) is 0 Å². The van der Waals surface area contributed by atoms with E-state index in [9.17, 15) is 0 Å². The zero-order valence-corrected chi connectivity index (χ0v) is 16.6. The minimum Gasteiger partial charge on any atom is -0.493 e. The molecule has 5 rings (SSSR count). The molecule has 5 nitrogen and oxygen atoms in total. The van der Waals surface area contributed by atoms with Crippen LogP contribution in [0.1, 0.15) is 22.7 Å². The molecule has 1 aliphatic rings. The van der Waals surface area contributed by atoms with Crippen molar-refractivity contribution in [2.75, 3.05) is 19.1 Å². The van der Waals surface area contributed by atoms with Crippen LogP contribution in [0.3, 0.4) is 0 Å². The van der Waals surface area contributed by atoms with Crippen molar-refractivity contribution >= 4 is 16.6 Å². The number of nitrogens with one attached hydrogen (secondary N) is 1. The molecule has 0 saturated carbocycles. The van der Waals surface area contributed by atoms with E-state index in [2.05, 4.69) is 75.8 Å². The molecule has 0 fully saturated rings. The van der Waals surface area contributed by atoms with Crippen molar-refractivity contribution < 1.29 is 9.47 Å². The number of fused-ring (bicyclic) bond motifs is 2. The molecule has 1 N–H and O–H groups in total. The lowest BCUT2D eigenvalue weighted by atomic mass is 9.89. The highest BCUT2D eigenvalue weighted by Gasteiger charge is 2.29. The number of H-pyrrole nitrogens is 1. The summed E-state index contributed by atoms with van der Waals surface area (Å²) in [5, 5.41) is 8.32. The van der Waals surface area contributed by atoms with Crippen molar-refractivity contribution in [2.24, 2.45) is 0 Å². The van der Waals surface area contributed by atoms with Gasteiger partial charge in [-0.15, -0.1) is 0 Å². The van der Waals surface area contributed by atoms with Gasteiger partial charge in [-0.3, -0.25) is 5.10 Å². The molecule has 4 aromatic rings. The van der Waals surface area contributed by atoms with Crippen LogP contribution in [-0.4, -0.2) is 24.4 Å². The molecule has 1 atom stereocenters. The average molecular weight is 385 g/mol. The van der Waals surface area contributed by atoms with Gasteiger partial charge in [-0.05, 0) is 53.4 Å². The van der Waals surface area contributed by atoms with E-state index in [0.717, 1.165) is 35.4 Å². The highest BCUT2D eigenvalue weighted by Crippen LogP contribution is 2.41. The van der Waals surface area contributed by atoms with Crippen molar-refractivity contribution in [3.8, 4) is 11.5 Å². The molecule has 3 aromatic carbocycles. The second-order valence-electron chi connectivity index (χ2n) is 7.38. The number of rotatable bonds is 4. The van der Waals surface area contributed by atoms with Gasteiger partial charge in [0, 0.05) is 17.6 Å². The number of aromatic amines is 1. The van der Waals surface area contributed by atoms with Gasteiger partial charge in [0.1, 0.15) is 0 Å². The van der Waals surface area contributed by atoms with Gasteiger partial charge in [0.15, 0.2) is 11.5 Å². The minimum absolute atomic E-state index is 0.242. The Hall–Kier alpha value is -3.47. The van der Waals surface area contributed by atoms with Crippen LogP contribution in [0.2, 0.25) is 0 Å². The van der Waals surface area contributed by atoms with E-state index >= 15 is 0 Å². The summed E-state index contributed by atoms with van der Waals surface area (Å²) >= 11 is 0. The summed E-state index contributed by atoms with van der Waals surface area (Å²) in [5.74, 6) is 1.56. The number of methoxy groups -OCH3 is 2. The second-order valence-corrected chi connectivity index (χ2v) is 7.38. The van der Waals surface area contributed by atoms with E-state index in [1.165, 1.54) is 22.4 Å². The summed E-state index contributed by atoms with van der Waals surface area (Å²) in [6.07, 6.45) is 2.78. The van der Waals surface area contributed by atoms with E-state index in [4.69, 9.17) is 9.47 Å². The Kier molecular flexibility index (Phi) is 4.35. The first-order chi connectivity index (χ1) is 14.3. The van der Waals surface area contributed by atoms with Gasteiger partial charge < -0.3 is 14.4 Å². The molecule has 1 aromatic heterocycles. The molecule has 5 heteroatoms. The summed E-state index contributed by atoms with van der Waals surface area (Å²) in [6.45, 7) is 0.804. The molecule has 29 heavy (non-hydrogen) atoms. The Balaban J connectivity index is 1.63. The zero-order valence-electron chi connectivity index (χ0n) is 16.6. The van der Waals surface area contributed by atoms with Gasteiger partial charge in [0.2, 0.25) is 0 Å². The van der Waals surface area contributed by atoms with E-state index in [1.807, 2.05) is 6.20 Å². The molecule has 146 valence electrons. The summed E-state index contributed by atoms with van der Waals surface area (Å²) in [5.41, 5.74) is 6.11. The number of ether oxygens (including phenoxy) is 2. The van der Waals surface area contributed by atoms with E-state index in [0.29, 0.717) is 0 Å². The fraction of sp³-hybridized carbons (Fsp3) is 0.208. The van der Waals surface area contributed by atoms with Crippen molar-refractivity contribution in [2.45, 2.75) is 19.0 Å². The lowest BCUT2D eigenvalue weighted by molar-refractivity contribution is 0.353. The number of aromatic nitrogens is 2. The average Bonchev–Trinajstić information content (AvgIpc) is 3.25. The smallest absolute Gasteiger partial charge is 0.161 e. The lowest BCUT2D eigenvalue weighted by Crippen LogP contribution is -2.34. The van der Waals surface area contributed by atoms with Crippen LogP contribution in [-0.2, 0) is 13.0 Å². The first-order valence-corrected chi connectivity index (χ1v) is 9.75. The summed E-state index contributed by atoms with van der Waals surface area (Å²) in [6, 6.07) is 21.7. The van der Waals surface area contributed by atoms with Crippen LogP contribution in [0.15, 0.2) is 66.9 Å². The molecule has 2 heterocycles. The predicted octanol–water partition coefficient (Wildman–Crippen LogP) is 4.88. The molecule has 0 radical (unpaired) electrons. The molecule has 1 aliphatic heterocycles. The van der Waals surface area contributed by atoms with Crippen LogP contribution < -0.4 is 14.4 Å². The number of anilines is 1. The van der Waals surface area contributed by atoms with Crippen molar-refractivity contribution in [1.29, 1.82) is 0 Å². The third-order valence-corrected chi connectivity index (χ3v) is 5.78. The fourth-order valence-corrected chi connectivity index (χ4v) is 4.27. The van der Waals surface area contributed by atoms with Gasteiger partial charge in [0.05, 0.1) is 32.0 Å². The van der Waals surface area contributed by atoms with Crippen molar-refractivity contribution in [1.82, 2.24) is 10.2 Å². The molecule has 0 amide bonds. The van der Waals surface area contributed by atoms with Crippen LogP contribution in [0, 0.1) is 0 Å². The van der Waals surface area contributed by atoms with Crippen LogP contribution in [0.25, 0.3) is 10.9 Å². The first-order valence-electron chi connectivity index (χ1n) is 9.75. The van der Waals surface area contributed by atoms with E-state index in [-0.39, 0.29) is 6.04 Å². The SMILES string of the molecule is COc1cc2c(cc1OC)CN(c1ccc3[nH]ncc3c1)C(c1ccccc1)C2. The standard InChI is InChI=1S/C24H23N3O2/c1-28-23-12-17-11-22(16-6-4-3-5-7-16)27(15-19(17)13-24(23)29-2)20-8-9-21-18(10-20)14-25-26-21/h3-10,12-14,22H,11,15H2,1-2H3,(H,25,26). The monoisotopic (exact) mass is 385 g/mol. The normalized spacial score (nSPS) is 15.9. The third-order valence-electron chi connectivity index (χ3n) is 5.78. The van der Waals surface area contributed by atoms with Gasteiger partial charge in [-0.25, -0.2) is 0 Å². The van der Waals surface area contributed by atoms with E-state index < -0.39 is 0 Å². The number of hydrogen-bond donors (Lipinski definition) is 1. The predicted molar refractivity (Wildman–Crippen MR) is 115 cm³/mol. The largest absolute Gasteiger partial charge is 0.493 e. The van der Waals surface area contributed by atoms with Crippen LogP contribution in [0.4, 0.5) is 5.69 Å². The second kappa shape index (κ2) is 7.17. The number of benzene rings is 3. The van der Waals surface area contributed by atoms with Crippen molar-refractivity contribution in [3.05, 3.63) is 83.6 Å². The third kappa shape index (κ3) is 3.09. The van der Waals surface area contributed by atoms with E-state index in [1.54, 1.807) is 14.2 Å². The molecule has 0 saturated heterocycles. The maximum atomic E-state index is 5.55. The maximum absolute atomic E-state index is 5.55. The summed E-state index contributed by atoms with van der Waals surface area (Å²) in [4.78, 5) is 2.47. The Morgan fingerprint density at radius 3 is 2.45 bits per heavy atom. The summed E-state index contributed by atoms with van der Waals surface area (Å²) < 4.78 is 11.1.